The number of rotatable bonds is 3. The number of phenols is 2. The molecule has 0 saturated heterocycles. The van der Waals surface area contributed by atoms with Crippen LogP contribution in [0.15, 0.2) is 48.7 Å². The van der Waals surface area contributed by atoms with Crippen molar-refractivity contribution in [2.24, 2.45) is 0 Å². The lowest BCUT2D eigenvalue weighted by Crippen LogP contribution is -2.15. The Morgan fingerprint density at radius 1 is 1.14 bits per heavy atom. The molecule has 2 aromatic carbocycles. The molecule has 0 bridgehead atoms. The first-order valence-corrected chi connectivity index (χ1v) is 7.26. The second-order valence-electron chi connectivity index (χ2n) is 5.25. The van der Waals surface area contributed by atoms with Gasteiger partial charge >= 0.3 is 0 Å². The number of aromatic hydroxyl groups is 2. The first kappa shape index (κ1) is 14.3. The van der Waals surface area contributed by atoms with E-state index in [1.165, 1.54) is 0 Å². The number of ether oxygens (including phenoxy) is 2. The molecular formula is C18H18O4. The Labute approximate surface area is 129 Å². The first-order chi connectivity index (χ1) is 10.7. The van der Waals surface area contributed by atoms with Gasteiger partial charge in [-0.25, -0.2) is 0 Å². The molecule has 1 aliphatic rings. The third kappa shape index (κ3) is 2.86. The average Bonchev–Trinajstić information content (AvgIpc) is 2.52. The summed E-state index contributed by atoms with van der Waals surface area (Å²) in [5, 5.41) is 19.3. The zero-order valence-corrected chi connectivity index (χ0v) is 12.3. The Kier molecular flexibility index (Phi) is 3.92. The van der Waals surface area contributed by atoms with Gasteiger partial charge < -0.3 is 19.7 Å². The predicted molar refractivity (Wildman–Crippen MR) is 83.3 cm³/mol. The second-order valence-corrected chi connectivity index (χ2v) is 5.25. The third-order valence-corrected chi connectivity index (χ3v) is 3.67. The van der Waals surface area contributed by atoms with Gasteiger partial charge in [0.05, 0.1) is 6.26 Å². The molecule has 0 amide bonds. The van der Waals surface area contributed by atoms with Crippen molar-refractivity contribution in [1.29, 1.82) is 0 Å². The van der Waals surface area contributed by atoms with E-state index in [0.29, 0.717) is 11.5 Å². The van der Waals surface area contributed by atoms with E-state index in [1.54, 1.807) is 36.6 Å². The molecule has 0 spiro atoms. The lowest BCUT2D eigenvalue weighted by atomic mass is 9.96. The molecule has 0 saturated carbocycles. The van der Waals surface area contributed by atoms with E-state index in [4.69, 9.17) is 9.47 Å². The second kappa shape index (κ2) is 6.02. The van der Waals surface area contributed by atoms with Crippen molar-refractivity contribution < 1.29 is 19.7 Å². The fourth-order valence-electron chi connectivity index (χ4n) is 2.61. The van der Waals surface area contributed by atoms with Crippen LogP contribution in [0.3, 0.4) is 0 Å². The monoisotopic (exact) mass is 298 g/mol. The molecule has 0 aliphatic carbocycles. The molecule has 2 aromatic rings. The molecule has 1 atom stereocenters. The SMILES string of the molecule is CC=COc1cc(O)ccc1C1CCc2ccc(O)cc2O1. The molecule has 1 heterocycles. The Morgan fingerprint density at radius 2 is 1.91 bits per heavy atom. The van der Waals surface area contributed by atoms with Crippen LogP contribution in [0, 0.1) is 0 Å². The summed E-state index contributed by atoms with van der Waals surface area (Å²) < 4.78 is 11.6. The van der Waals surface area contributed by atoms with Crippen LogP contribution in [0.4, 0.5) is 0 Å². The summed E-state index contributed by atoms with van der Waals surface area (Å²) in [7, 11) is 0. The molecule has 2 N–H and O–H groups in total. The molecule has 114 valence electrons. The Balaban J connectivity index is 1.92. The largest absolute Gasteiger partial charge is 0.508 e. The van der Waals surface area contributed by atoms with Crippen LogP contribution in [-0.2, 0) is 6.42 Å². The van der Waals surface area contributed by atoms with Crippen LogP contribution in [0.1, 0.15) is 30.6 Å². The smallest absolute Gasteiger partial charge is 0.137 e. The topological polar surface area (TPSA) is 58.9 Å². The fourth-order valence-corrected chi connectivity index (χ4v) is 2.61. The van der Waals surface area contributed by atoms with Gasteiger partial charge in [0.15, 0.2) is 0 Å². The first-order valence-electron chi connectivity index (χ1n) is 7.26. The predicted octanol–water partition coefficient (Wildman–Crippen LogP) is 4.08. The number of allylic oxidation sites excluding steroid dienone is 1. The van der Waals surface area contributed by atoms with Crippen LogP contribution >= 0.6 is 0 Å². The minimum absolute atomic E-state index is 0.150. The highest BCUT2D eigenvalue weighted by atomic mass is 16.5. The van der Waals surface area contributed by atoms with Gasteiger partial charge in [0, 0.05) is 17.7 Å². The van der Waals surface area contributed by atoms with Crippen molar-refractivity contribution in [2.45, 2.75) is 25.9 Å². The van der Waals surface area contributed by atoms with Crippen molar-refractivity contribution in [3.05, 3.63) is 59.9 Å². The Morgan fingerprint density at radius 3 is 2.73 bits per heavy atom. The van der Waals surface area contributed by atoms with Gasteiger partial charge in [-0.15, -0.1) is 0 Å². The number of fused-ring (bicyclic) bond motifs is 1. The highest BCUT2D eigenvalue weighted by Gasteiger charge is 2.24. The van der Waals surface area contributed by atoms with Crippen LogP contribution in [-0.4, -0.2) is 10.2 Å². The molecule has 0 radical (unpaired) electrons. The summed E-state index contributed by atoms with van der Waals surface area (Å²) in [5.41, 5.74) is 1.97. The van der Waals surface area contributed by atoms with Crippen LogP contribution in [0.2, 0.25) is 0 Å². The van der Waals surface area contributed by atoms with Crippen molar-refractivity contribution in [3.8, 4) is 23.0 Å². The quantitative estimate of drug-likeness (QED) is 0.838. The minimum atomic E-state index is -0.171. The standard InChI is InChI=1S/C18H18O4/c1-2-9-21-18-11-14(20)6-7-15(18)16-8-4-12-3-5-13(19)10-17(12)22-16/h2-3,5-7,9-11,16,19-20H,4,8H2,1H3. The van der Waals surface area contributed by atoms with Gasteiger partial charge in [-0.2, -0.15) is 0 Å². The Bertz CT molecular complexity index is 706. The number of hydrogen-bond donors (Lipinski definition) is 2. The number of aryl methyl sites for hydroxylation is 1. The third-order valence-electron chi connectivity index (χ3n) is 3.67. The summed E-state index contributed by atoms with van der Waals surface area (Å²) in [6, 6.07) is 10.2. The fraction of sp³-hybridized carbons (Fsp3) is 0.222. The summed E-state index contributed by atoms with van der Waals surface area (Å²) >= 11 is 0. The normalized spacial score (nSPS) is 17.0. The summed E-state index contributed by atoms with van der Waals surface area (Å²) in [4.78, 5) is 0. The molecule has 1 unspecified atom stereocenters. The van der Waals surface area contributed by atoms with E-state index in [0.717, 1.165) is 24.0 Å². The highest BCUT2D eigenvalue weighted by Crippen LogP contribution is 2.40. The average molecular weight is 298 g/mol. The molecule has 3 rings (SSSR count). The lowest BCUT2D eigenvalue weighted by molar-refractivity contribution is 0.172. The minimum Gasteiger partial charge on any atom is -0.508 e. The van der Waals surface area contributed by atoms with E-state index in [2.05, 4.69) is 0 Å². The van der Waals surface area contributed by atoms with Crippen LogP contribution in [0.25, 0.3) is 0 Å². The number of hydrogen-bond acceptors (Lipinski definition) is 4. The van der Waals surface area contributed by atoms with Crippen molar-refractivity contribution in [1.82, 2.24) is 0 Å². The molecule has 4 heteroatoms. The van der Waals surface area contributed by atoms with E-state index in [1.807, 2.05) is 19.1 Å². The van der Waals surface area contributed by atoms with Crippen LogP contribution in [0.5, 0.6) is 23.0 Å². The van der Waals surface area contributed by atoms with E-state index in [-0.39, 0.29) is 17.6 Å². The molecule has 0 aromatic heterocycles. The van der Waals surface area contributed by atoms with E-state index in [9.17, 15) is 10.2 Å². The van der Waals surface area contributed by atoms with Crippen LogP contribution < -0.4 is 9.47 Å². The van der Waals surface area contributed by atoms with Gasteiger partial charge in [0.2, 0.25) is 0 Å². The summed E-state index contributed by atoms with van der Waals surface area (Å²) in [6.45, 7) is 1.86. The number of benzene rings is 2. The van der Waals surface area contributed by atoms with E-state index >= 15 is 0 Å². The number of phenolic OH excluding ortho intramolecular Hbond substituents is 2. The highest BCUT2D eigenvalue weighted by molar-refractivity contribution is 5.46. The Hall–Kier alpha value is -2.62. The van der Waals surface area contributed by atoms with Crippen molar-refractivity contribution >= 4 is 0 Å². The molecule has 4 nitrogen and oxygen atoms in total. The molecular weight excluding hydrogens is 280 g/mol. The van der Waals surface area contributed by atoms with Gasteiger partial charge in [-0.1, -0.05) is 12.1 Å². The zero-order chi connectivity index (χ0) is 15.5. The molecule has 22 heavy (non-hydrogen) atoms. The van der Waals surface area contributed by atoms with Gasteiger partial charge in [-0.3, -0.25) is 0 Å². The maximum atomic E-state index is 9.65. The van der Waals surface area contributed by atoms with Crippen molar-refractivity contribution in [2.75, 3.05) is 0 Å². The van der Waals surface area contributed by atoms with Gasteiger partial charge in [0.1, 0.15) is 29.1 Å². The maximum absolute atomic E-state index is 9.65. The zero-order valence-electron chi connectivity index (χ0n) is 12.3. The molecule has 0 fully saturated rings. The summed E-state index contributed by atoms with van der Waals surface area (Å²) in [5.74, 6) is 1.61. The lowest BCUT2D eigenvalue weighted by Gasteiger charge is -2.27. The maximum Gasteiger partial charge on any atom is 0.137 e. The van der Waals surface area contributed by atoms with Crippen molar-refractivity contribution in [3.63, 3.8) is 0 Å². The molecule has 1 aliphatic heterocycles. The van der Waals surface area contributed by atoms with E-state index < -0.39 is 0 Å². The van der Waals surface area contributed by atoms with Gasteiger partial charge in [0.25, 0.3) is 0 Å². The van der Waals surface area contributed by atoms with Gasteiger partial charge in [-0.05, 0) is 43.5 Å². The summed E-state index contributed by atoms with van der Waals surface area (Å²) in [6.07, 6.45) is 4.86.